The minimum Gasteiger partial charge on any atom is -0.481 e. The molecule has 0 aliphatic rings. The van der Waals surface area contributed by atoms with E-state index < -0.39 is 22.8 Å². The number of carboxylic acids is 1. The molecule has 3 atom stereocenters. The van der Waals surface area contributed by atoms with Crippen LogP contribution in [-0.2, 0) is 15.6 Å². The summed E-state index contributed by atoms with van der Waals surface area (Å²) in [6, 6.07) is -1.01. The molecule has 0 saturated carbocycles. The molecule has 0 saturated heterocycles. The predicted octanol–water partition coefficient (Wildman–Crippen LogP) is 0.306. The smallest absolute Gasteiger partial charge is 0.315 e. The normalized spacial score (nSPS) is 15.7. The van der Waals surface area contributed by atoms with Gasteiger partial charge in [0.15, 0.2) is 0 Å². The van der Waals surface area contributed by atoms with Gasteiger partial charge in [-0.15, -0.1) is 0 Å². The molecule has 0 fully saturated rings. The fourth-order valence-corrected chi connectivity index (χ4v) is 2.14. The average Bonchev–Trinajstić information content (AvgIpc) is 2.13. The Kier molecular flexibility index (Phi) is 7.53. The lowest BCUT2D eigenvalue weighted by atomic mass is 10.1. The van der Waals surface area contributed by atoms with Crippen LogP contribution >= 0.6 is 0 Å². The minimum atomic E-state index is -0.972. The van der Waals surface area contributed by atoms with Crippen LogP contribution in [0.1, 0.15) is 26.7 Å². The third-order valence-corrected chi connectivity index (χ3v) is 3.08. The van der Waals surface area contributed by atoms with E-state index in [4.69, 9.17) is 5.11 Å². The van der Waals surface area contributed by atoms with Crippen LogP contribution in [0.2, 0.25) is 0 Å². The standard InChI is InChI=1S/C10H20N2O4S/c1-4-8(5-9(13)14)12-10(15)11-7(2)6-17(3)16/h7-8H,4-6H2,1-3H3,(H,13,14)(H2,11,12,15). The number of carbonyl (C=O) groups excluding carboxylic acids is 1. The highest BCUT2D eigenvalue weighted by atomic mass is 32.2. The lowest BCUT2D eigenvalue weighted by molar-refractivity contribution is -0.137. The predicted molar refractivity (Wildman–Crippen MR) is 66.4 cm³/mol. The van der Waals surface area contributed by atoms with Gasteiger partial charge in [0.2, 0.25) is 0 Å². The Hall–Kier alpha value is -1.11. The van der Waals surface area contributed by atoms with Crippen molar-refractivity contribution in [1.82, 2.24) is 10.6 Å². The first-order chi connectivity index (χ1) is 7.85. The van der Waals surface area contributed by atoms with Gasteiger partial charge in [-0.25, -0.2) is 4.79 Å². The Balaban J connectivity index is 4.05. The van der Waals surface area contributed by atoms with Gasteiger partial charge in [0, 0.05) is 34.9 Å². The van der Waals surface area contributed by atoms with E-state index in [-0.39, 0.29) is 18.5 Å². The molecule has 0 aliphatic carbocycles. The van der Waals surface area contributed by atoms with Crippen molar-refractivity contribution in [2.24, 2.45) is 0 Å². The first kappa shape index (κ1) is 15.9. The van der Waals surface area contributed by atoms with E-state index >= 15 is 0 Å². The van der Waals surface area contributed by atoms with Crippen LogP contribution in [-0.4, -0.2) is 45.4 Å². The first-order valence-corrected chi connectivity index (χ1v) is 7.16. The van der Waals surface area contributed by atoms with Crippen LogP contribution in [0.4, 0.5) is 4.79 Å². The first-order valence-electron chi connectivity index (χ1n) is 5.44. The zero-order chi connectivity index (χ0) is 13.4. The van der Waals surface area contributed by atoms with E-state index in [0.29, 0.717) is 12.2 Å². The third-order valence-electron chi connectivity index (χ3n) is 2.11. The molecule has 100 valence electrons. The summed E-state index contributed by atoms with van der Waals surface area (Å²) < 4.78 is 10.9. The molecule has 0 spiro atoms. The van der Waals surface area contributed by atoms with Crippen LogP contribution in [0.25, 0.3) is 0 Å². The molecule has 0 aromatic rings. The summed E-state index contributed by atoms with van der Waals surface area (Å²) in [7, 11) is -0.972. The van der Waals surface area contributed by atoms with Crippen LogP contribution < -0.4 is 10.6 Å². The molecule has 3 N–H and O–H groups in total. The molecule has 3 unspecified atom stereocenters. The molecule has 0 radical (unpaired) electrons. The third kappa shape index (κ3) is 8.67. The van der Waals surface area contributed by atoms with Crippen molar-refractivity contribution in [3.8, 4) is 0 Å². The summed E-state index contributed by atoms with van der Waals surface area (Å²) in [6.07, 6.45) is 2.02. The molecule has 6 nitrogen and oxygen atoms in total. The molecule has 17 heavy (non-hydrogen) atoms. The Morgan fingerprint density at radius 2 is 1.94 bits per heavy atom. The zero-order valence-corrected chi connectivity index (χ0v) is 11.2. The maximum atomic E-state index is 11.5. The zero-order valence-electron chi connectivity index (χ0n) is 10.4. The summed E-state index contributed by atoms with van der Waals surface area (Å²) in [6.45, 7) is 3.55. The number of urea groups is 1. The Bertz CT molecular complexity index is 296. The number of nitrogens with one attached hydrogen (secondary N) is 2. The van der Waals surface area contributed by atoms with E-state index in [1.54, 1.807) is 20.1 Å². The van der Waals surface area contributed by atoms with Crippen LogP contribution in [0.5, 0.6) is 0 Å². The van der Waals surface area contributed by atoms with Gasteiger partial charge in [-0.2, -0.15) is 0 Å². The summed E-state index contributed by atoms with van der Waals surface area (Å²) in [5.74, 6) is -0.566. The summed E-state index contributed by atoms with van der Waals surface area (Å²) in [5.41, 5.74) is 0. The number of carbonyl (C=O) groups is 2. The second kappa shape index (κ2) is 8.05. The van der Waals surface area contributed by atoms with E-state index in [9.17, 15) is 13.8 Å². The second-order valence-corrected chi connectivity index (χ2v) is 5.44. The minimum absolute atomic E-state index is 0.0992. The topological polar surface area (TPSA) is 95.5 Å². The van der Waals surface area contributed by atoms with E-state index in [1.807, 2.05) is 0 Å². The Labute approximate surface area is 104 Å². The second-order valence-electron chi connectivity index (χ2n) is 3.96. The quantitative estimate of drug-likeness (QED) is 0.616. The number of hydrogen-bond donors (Lipinski definition) is 3. The maximum absolute atomic E-state index is 11.5. The highest BCUT2D eigenvalue weighted by Crippen LogP contribution is 1.97. The van der Waals surface area contributed by atoms with Gasteiger partial charge in [-0.05, 0) is 13.3 Å². The van der Waals surface area contributed by atoms with Gasteiger partial charge in [-0.3, -0.25) is 9.00 Å². The van der Waals surface area contributed by atoms with Gasteiger partial charge < -0.3 is 15.7 Å². The number of carboxylic acid groups (broad SMARTS) is 1. The van der Waals surface area contributed by atoms with Crippen molar-refractivity contribution < 1.29 is 18.9 Å². The molecule has 0 bridgehead atoms. The number of amides is 2. The SMILES string of the molecule is CCC(CC(=O)O)NC(=O)NC(C)CS(C)=O. The van der Waals surface area contributed by atoms with E-state index in [1.165, 1.54) is 0 Å². The largest absolute Gasteiger partial charge is 0.481 e. The highest BCUT2D eigenvalue weighted by molar-refractivity contribution is 7.84. The van der Waals surface area contributed by atoms with Gasteiger partial charge in [-0.1, -0.05) is 6.92 Å². The molecular weight excluding hydrogens is 244 g/mol. The molecule has 0 rings (SSSR count). The van der Waals surface area contributed by atoms with Crippen LogP contribution in [0.15, 0.2) is 0 Å². The van der Waals surface area contributed by atoms with Crippen molar-refractivity contribution in [2.45, 2.75) is 38.8 Å². The van der Waals surface area contributed by atoms with Crippen molar-refractivity contribution in [3.05, 3.63) is 0 Å². The molecular formula is C10H20N2O4S. The van der Waals surface area contributed by atoms with Crippen molar-refractivity contribution in [2.75, 3.05) is 12.0 Å². The fourth-order valence-electron chi connectivity index (χ4n) is 1.35. The summed E-state index contributed by atoms with van der Waals surface area (Å²) in [4.78, 5) is 22.0. The van der Waals surface area contributed by atoms with Gasteiger partial charge in [0.25, 0.3) is 0 Å². The van der Waals surface area contributed by atoms with Crippen LogP contribution in [0.3, 0.4) is 0 Å². The Morgan fingerprint density at radius 1 is 1.35 bits per heavy atom. The number of hydrogen-bond acceptors (Lipinski definition) is 3. The summed E-state index contributed by atoms with van der Waals surface area (Å²) >= 11 is 0. The number of aliphatic carboxylic acids is 1. The average molecular weight is 264 g/mol. The van der Waals surface area contributed by atoms with Crippen molar-refractivity contribution in [3.63, 3.8) is 0 Å². The van der Waals surface area contributed by atoms with Crippen LogP contribution in [0, 0.1) is 0 Å². The van der Waals surface area contributed by atoms with Crippen molar-refractivity contribution in [1.29, 1.82) is 0 Å². The fraction of sp³-hybridized carbons (Fsp3) is 0.800. The lowest BCUT2D eigenvalue weighted by Crippen LogP contribution is -2.47. The number of rotatable bonds is 7. The molecule has 2 amide bonds. The Morgan fingerprint density at radius 3 is 2.35 bits per heavy atom. The maximum Gasteiger partial charge on any atom is 0.315 e. The van der Waals surface area contributed by atoms with E-state index in [2.05, 4.69) is 10.6 Å². The molecule has 0 heterocycles. The lowest BCUT2D eigenvalue weighted by Gasteiger charge is -2.18. The monoisotopic (exact) mass is 264 g/mol. The highest BCUT2D eigenvalue weighted by Gasteiger charge is 2.15. The molecule has 0 aromatic carbocycles. The van der Waals surface area contributed by atoms with Gasteiger partial charge in [0.1, 0.15) is 0 Å². The van der Waals surface area contributed by atoms with Gasteiger partial charge in [0.05, 0.1) is 6.42 Å². The van der Waals surface area contributed by atoms with E-state index in [0.717, 1.165) is 0 Å². The van der Waals surface area contributed by atoms with Gasteiger partial charge >= 0.3 is 12.0 Å². The molecule has 0 aliphatic heterocycles. The molecule has 0 aromatic heterocycles. The van der Waals surface area contributed by atoms with Crippen molar-refractivity contribution >= 4 is 22.8 Å². The summed E-state index contributed by atoms with van der Waals surface area (Å²) in [5, 5.41) is 13.8. The molecule has 7 heteroatoms.